The van der Waals surface area contributed by atoms with Gasteiger partial charge in [0, 0.05) is 12.5 Å². The summed E-state index contributed by atoms with van der Waals surface area (Å²) < 4.78 is 18.3. The third-order valence-corrected chi connectivity index (χ3v) is 4.22. The van der Waals surface area contributed by atoms with Crippen molar-refractivity contribution in [3.63, 3.8) is 0 Å². The van der Waals surface area contributed by atoms with Crippen LogP contribution in [0.4, 0.5) is 15.8 Å². The van der Waals surface area contributed by atoms with Crippen molar-refractivity contribution < 1.29 is 23.5 Å². The molecule has 2 aromatic carbocycles. The Hall–Kier alpha value is -3.22. The highest BCUT2D eigenvalue weighted by atomic mass is 19.1. The SMILES string of the molecule is C[C@H]1CC(=O)Nc2ccccc2N1C(=O)COC(=O)Cc1cccc(F)c1. The van der Waals surface area contributed by atoms with Crippen molar-refractivity contribution in [2.24, 2.45) is 0 Å². The van der Waals surface area contributed by atoms with Crippen molar-refractivity contribution in [2.45, 2.75) is 25.8 Å². The Balaban J connectivity index is 1.68. The fraction of sp³-hybridized carbons (Fsp3) is 0.250. The van der Waals surface area contributed by atoms with E-state index in [9.17, 15) is 18.8 Å². The van der Waals surface area contributed by atoms with Crippen molar-refractivity contribution >= 4 is 29.2 Å². The standard InChI is InChI=1S/C20H19FN2O4/c1-13-9-18(24)22-16-7-2-3-8-17(16)23(13)19(25)12-27-20(26)11-14-5-4-6-15(21)10-14/h2-8,10,13H,9,11-12H2,1H3,(H,22,24)/t13-/m0/s1. The van der Waals surface area contributed by atoms with E-state index in [2.05, 4.69) is 5.32 Å². The van der Waals surface area contributed by atoms with Crippen LogP contribution < -0.4 is 10.2 Å². The average Bonchev–Trinajstić information content (AvgIpc) is 2.74. The second kappa shape index (κ2) is 7.99. The number of para-hydroxylation sites is 2. The molecule has 6 nitrogen and oxygen atoms in total. The molecular weight excluding hydrogens is 351 g/mol. The van der Waals surface area contributed by atoms with Gasteiger partial charge in [-0.2, -0.15) is 0 Å². The zero-order valence-electron chi connectivity index (χ0n) is 14.8. The third kappa shape index (κ3) is 4.49. The number of hydrogen-bond donors (Lipinski definition) is 1. The fourth-order valence-electron chi connectivity index (χ4n) is 3.04. The minimum atomic E-state index is -0.626. The molecule has 1 atom stereocenters. The van der Waals surface area contributed by atoms with Gasteiger partial charge in [0.25, 0.3) is 5.91 Å². The zero-order valence-corrected chi connectivity index (χ0v) is 14.8. The molecule has 0 fully saturated rings. The van der Waals surface area contributed by atoms with Crippen LogP contribution in [0.1, 0.15) is 18.9 Å². The maximum absolute atomic E-state index is 13.2. The first-order chi connectivity index (χ1) is 12.9. The molecule has 7 heteroatoms. The summed E-state index contributed by atoms with van der Waals surface area (Å²) in [5, 5.41) is 2.76. The van der Waals surface area contributed by atoms with Gasteiger partial charge in [0.15, 0.2) is 6.61 Å². The van der Waals surface area contributed by atoms with Crippen molar-refractivity contribution in [3.8, 4) is 0 Å². The average molecular weight is 370 g/mol. The molecule has 1 aliphatic rings. The van der Waals surface area contributed by atoms with Gasteiger partial charge in [-0.3, -0.25) is 14.4 Å². The number of rotatable bonds is 4. The van der Waals surface area contributed by atoms with E-state index in [4.69, 9.17) is 4.74 Å². The molecule has 1 heterocycles. The molecule has 0 aliphatic carbocycles. The first kappa shape index (κ1) is 18.6. The van der Waals surface area contributed by atoms with Crippen LogP contribution in [0.5, 0.6) is 0 Å². The molecule has 3 rings (SSSR count). The second-order valence-corrected chi connectivity index (χ2v) is 6.35. The van der Waals surface area contributed by atoms with Crippen molar-refractivity contribution in [1.82, 2.24) is 0 Å². The van der Waals surface area contributed by atoms with Gasteiger partial charge in [0.2, 0.25) is 5.91 Å². The monoisotopic (exact) mass is 370 g/mol. The van der Waals surface area contributed by atoms with E-state index in [1.165, 1.54) is 23.1 Å². The molecule has 0 spiro atoms. The van der Waals surface area contributed by atoms with Gasteiger partial charge in [0.1, 0.15) is 5.82 Å². The number of carbonyl (C=O) groups is 3. The summed E-state index contributed by atoms with van der Waals surface area (Å²) in [6.45, 7) is 1.30. The number of nitrogens with one attached hydrogen (secondary N) is 1. The summed E-state index contributed by atoms with van der Waals surface area (Å²) >= 11 is 0. The van der Waals surface area contributed by atoms with E-state index in [0.29, 0.717) is 16.9 Å². The molecule has 0 radical (unpaired) electrons. The summed E-state index contributed by atoms with van der Waals surface area (Å²) in [5.74, 6) is -1.69. The minimum absolute atomic E-state index is 0.128. The Morgan fingerprint density at radius 1 is 1.22 bits per heavy atom. The number of anilines is 2. The topological polar surface area (TPSA) is 75.7 Å². The lowest BCUT2D eigenvalue weighted by molar-refractivity contribution is -0.147. The smallest absolute Gasteiger partial charge is 0.310 e. The Kier molecular flexibility index (Phi) is 5.49. The highest BCUT2D eigenvalue weighted by molar-refractivity contribution is 6.05. The fourth-order valence-corrected chi connectivity index (χ4v) is 3.04. The molecule has 2 aromatic rings. The van der Waals surface area contributed by atoms with Gasteiger partial charge in [-0.1, -0.05) is 24.3 Å². The molecule has 2 amide bonds. The predicted molar refractivity (Wildman–Crippen MR) is 97.7 cm³/mol. The maximum Gasteiger partial charge on any atom is 0.310 e. The highest BCUT2D eigenvalue weighted by Gasteiger charge is 2.30. The molecule has 1 N–H and O–H groups in total. The van der Waals surface area contributed by atoms with E-state index in [0.717, 1.165) is 0 Å². The van der Waals surface area contributed by atoms with Crippen LogP contribution in [0.25, 0.3) is 0 Å². The van der Waals surface area contributed by atoms with Crippen LogP contribution in [0.15, 0.2) is 48.5 Å². The van der Waals surface area contributed by atoms with Crippen LogP contribution in [-0.2, 0) is 25.5 Å². The van der Waals surface area contributed by atoms with Crippen molar-refractivity contribution in [1.29, 1.82) is 0 Å². The van der Waals surface area contributed by atoms with Crippen LogP contribution in [0, 0.1) is 5.82 Å². The highest BCUT2D eigenvalue weighted by Crippen LogP contribution is 2.31. The number of esters is 1. The van der Waals surface area contributed by atoms with Gasteiger partial charge in [-0.25, -0.2) is 4.39 Å². The Morgan fingerprint density at radius 3 is 2.78 bits per heavy atom. The lowest BCUT2D eigenvalue weighted by atomic mass is 10.1. The second-order valence-electron chi connectivity index (χ2n) is 6.35. The Bertz CT molecular complexity index is 884. The Labute approximate surface area is 155 Å². The first-order valence-corrected chi connectivity index (χ1v) is 8.55. The van der Waals surface area contributed by atoms with Gasteiger partial charge in [-0.05, 0) is 36.8 Å². The van der Waals surface area contributed by atoms with Gasteiger partial charge in [-0.15, -0.1) is 0 Å². The number of fused-ring (bicyclic) bond motifs is 1. The molecule has 140 valence electrons. The summed E-state index contributed by atoms with van der Waals surface area (Å²) in [6, 6.07) is 12.2. The first-order valence-electron chi connectivity index (χ1n) is 8.55. The Morgan fingerprint density at radius 2 is 2.00 bits per heavy atom. The summed E-state index contributed by atoms with van der Waals surface area (Å²) in [6.07, 6.45) is 0.00881. The maximum atomic E-state index is 13.2. The van der Waals surface area contributed by atoms with Crippen LogP contribution >= 0.6 is 0 Å². The number of amides is 2. The number of hydrogen-bond acceptors (Lipinski definition) is 4. The lowest BCUT2D eigenvalue weighted by Gasteiger charge is -2.27. The van der Waals surface area contributed by atoms with Gasteiger partial charge < -0.3 is 15.0 Å². The quantitative estimate of drug-likeness (QED) is 0.840. The molecule has 1 aliphatic heterocycles. The summed E-state index contributed by atoms with van der Waals surface area (Å²) in [4.78, 5) is 38.1. The summed E-state index contributed by atoms with van der Waals surface area (Å²) in [5.41, 5.74) is 1.56. The molecule has 0 bridgehead atoms. The molecule has 0 aromatic heterocycles. The van der Waals surface area contributed by atoms with E-state index in [-0.39, 0.29) is 24.8 Å². The largest absolute Gasteiger partial charge is 0.455 e. The summed E-state index contributed by atoms with van der Waals surface area (Å²) in [7, 11) is 0. The normalized spacial score (nSPS) is 16.1. The van der Waals surface area contributed by atoms with Gasteiger partial charge >= 0.3 is 5.97 Å². The zero-order chi connectivity index (χ0) is 19.4. The molecule has 0 saturated carbocycles. The number of carbonyl (C=O) groups excluding carboxylic acids is 3. The molecular formula is C20H19FN2O4. The van der Waals surface area contributed by atoms with E-state index >= 15 is 0 Å². The third-order valence-electron chi connectivity index (χ3n) is 4.22. The van der Waals surface area contributed by atoms with Crippen molar-refractivity contribution in [2.75, 3.05) is 16.8 Å². The number of halogens is 1. The molecule has 27 heavy (non-hydrogen) atoms. The van der Waals surface area contributed by atoms with E-state index < -0.39 is 24.3 Å². The minimum Gasteiger partial charge on any atom is -0.455 e. The van der Waals surface area contributed by atoms with Crippen LogP contribution in [0.2, 0.25) is 0 Å². The van der Waals surface area contributed by atoms with E-state index in [1.807, 2.05) is 0 Å². The lowest BCUT2D eigenvalue weighted by Crippen LogP contribution is -2.41. The van der Waals surface area contributed by atoms with E-state index in [1.54, 1.807) is 37.3 Å². The molecule has 0 unspecified atom stereocenters. The van der Waals surface area contributed by atoms with Crippen LogP contribution in [0.3, 0.4) is 0 Å². The predicted octanol–water partition coefficient (Wildman–Crippen LogP) is 2.68. The van der Waals surface area contributed by atoms with Crippen molar-refractivity contribution in [3.05, 3.63) is 59.9 Å². The molecule has 0 saturated heterocycles. The number of ether oxygens (including phenoxy) is 1. The number of nitrogens with zero attached hydrogens (tertiary/aromatic N) is 1. The van der Waals surface area contributed by atoms with Gasteiger partial charge in [0.05, 0.1) is 17.8 Å². The number of benzene rings is 2. The van der Waals surface area contributed by atoms with Crippen LogP contribution in [-0.4, -0.2) is 30.4 Å².